The molecule has 5 heteroatoms. The SMILES string of the molecule is O=C(O)C1=CN(C2CC2)c2c(F)cc(F)cc2C1. The molecule has 1 fully saturated rings. The van der Waals surface area contributed by atoms with E-state index in [-0.39, 0.29) is 18.0 Å². The maximum absolute atomic E-state index is 13.8. The molecule has 2 aliphatic rings. The topological polar surface area (TPSA) is 40.5 Å². The molecule has 1 N–H and O–H groups in total. The van der Waals surface area contributed by atoms with Crippen molar-refractivity contribution in [1.82, 2.24) is 0 Å². The molecule has 0 bridgehead atoms. The van der Waals surface area contributed by atoms with Gasteiger partial charge in [-0.2, -0.15) is 0 Å². The molecule has 3 rings (SSSR count). The van der Waals surface area contributed by atoms with Gasteiger partial charge in [-0.3, -0.25) is 0 Å². The van der Waals surface area contributed by atoms with E-state index < -0.39 is 17.6 Å². The van der Waals surface area contributed by atoms with Crippen molar-refractivity contribution < 1.29 is 18.7 Å². The van der Waals surface area contributed by atoms with Crippen LogP contribution in [0.4, 0.5) is 14.5 Å². The van der Waals surface area contributed by atoms with Crippen molar-refractivity contribution in [2.75, 3.05) is 4.90 Å². The van der Waals surface area contributed by atoms with E-state index in [0.717, 1.165) is 18.9 Å². The van der Waals surface area contributed by atoms with Crippen molar-refractivity contribution >= 4 is 11.7 Å². The van der Waals surface area contributed by atoms with E-state index in [1.165, 1.54) is 12.3 Å². The molecule has 1 aromatic rings. The smallest absolute Gasteiger partial charge is 0.333 e. The Balaban J connectivity index is 2.12. The number of carbonyl (C=O) groups is 1. The number of nitrogens with zero attached hydrogens (tertiary/aromatic N) is 1. The Labute approximate surface area is 102 Å². The maximum Gasteiger partial charge on any atom is 0.333 e. The predicted octanol–water partition coefficient (Wildman–Crippen LogP) is 2.46. The molecule has 1 aliphatic carbocycles. The summed E-state index contributed by atoms with van der Waals surface area (Å²) in [4.78, 5) is 12.7. The lowest BCUT2D eigenvalue weighted by Gasteiger charge is -2.28. The molecule has 0 amide bonds. The molecule has 1 aromatic carbocycles. The van der Waals surface area contributed by atoms with Crippen LogP contribution in [0.15, 0.2) is 23.9 Å². The van der Waals surface area contributed by atoms with Crippen molar-refractivity contribution in [2.24, 2.45) is 0 Å². The van der Waals surface area contributed by atoms with Crippen LogP contribution in [0.3, 0.4) is 0 Å². The molecular formula is C13H11F2NO2. The Morgan fingerprint density at radius 1 is 1.33 bits per heavy atom. The minimum atomic E-state index is -1.05. The zero-order valence-corrected chi connectivity index (χ0v) is 9.49. The van der Waals surface area contributed by atoms with Gasteiger partial charge in [0.05, 0.1) is 11.3 Å². The molecule has 0 unspecified atom stereocenters. The van der Waals surface area contributed by atoms with Gasteiger partial charge in [0.2, 0.25) is 0 Å². The number of hydrogen-bond acceptors (Lipinski definition) is 2. The number of carboxylic acid groups (broad SMARTS) is 1. The van der Waals surface area contributed by atoms with E-state index in [4.69, 9.17) is 5.11 Å². The van der Waals surface area contributed by atoms with Crippen LogP contribution >= 0.6 is 0 Å². The van der Waals surface area contributed by atoms with Gasteiger partial charge in [0, 0.05) is 24.7 Å². The highest BCUT2D eigenvalue weighted by molar-refractivity contribution is 5.89. The highest BCUT2D eigenvalue weighted by Gasteiger charge is 2.34. The van der Waals surface area contributed by atoms with E-state index in [0.29, 0.717) is 11.3 Å². The zero-order valence-electron chi connectivity index (χ0n) is 9.49. The van der Waals surface area contributed by atoms with Gasteiger partial charge in [0.1, 0.15) is 11.6 Å². The first-order chi connectivity index (χ1) is 8.56. The normalized spacial score (nSPS) is 18.3. The van der Waals surface area contributed by atoms with Crippen LogP contribution < -0.4 is 4.90 Å². The summed E-state index contributed by atoms with van der Waals surface area (Å²) in [6.45, 7) is 0. The molecule has 0 atom stereocenters. The minimum absolute atomic E-state index is 0.0581. The minimum Gasteiger partial charge on any atom is -0.478 e. The fourth-order valence-corrected chi connectivity index (χ4v) is 2.30. The van der Waals surface area contributed by atoms with Gasteiger partial charge in [-0.25, -0.2) is 13.6 Å². The number of halogens is 2. The number of carboxylic acids is 1. The molecule has 1 aliphatic heterocycles. The molecule has 0 aromatic heterocycles. The lowest BCUT2D eigenvalue weighted by Crippen LogP contribution is -2.27. The summed E-state index contributed by atoms with van der Waals surface area (Å²) in [7, 11) is 0. The molecule has 0 radical (unpaired) electrons. The number of rotatable bonds is 2. The highest BCUT2D eigenvalue weighted by Crippen LogP contribution is 2.39. The first-order valence-corrected chi connectivity index (χ1v) is 5.76. The number of hydrogen-bond donors (Lipinski definition) is 1. The highest BCUT2D eigenvalue weighted by atomic mass is 19.1. The summed E-state index contributed by atoms with van der Waals surface area (Å²) in [5.41, 5.74) is 0.891. The first kappa shape index (κ1) is 11.2. The van der Waals surface area contributed by atoms with Crippen LogP contribution in [0.5, 0.6) is 0 Å². The summed E-state index contributed by atoms with van der Waals surface area (Å²) in [5.74, 6) is -2.35. The van der Waals surface area contributed by atoms with Gasteiger partial charge >= 0.3 is 5.97 Å². The van der Waals surface area contributed by atoms with Crippen molar-refractivity contribution in [3.63, 3.8) is 0 Å². The van der Waals surface area contributed by atoms with Crippen molar-refractivity contribution in [3.05, 3.63) is 41.1 Å². The van der Waals surface area contributed by atoms with Crippen LogP contribution in [0.25, 0.3) is 0 Å². The Morgan fingerprint density at radius 2 is 2.06 bits per heavy atom. The van der Waals surface area contributed by atoms with Gasteiger partial charge in [-0.05, 0) is 24.5 Å². The molecule has 1 heterocycles. The van der Waals surface area contributed by atoms with Crippen LogP contribution in [0, 0.1) is 11.6 Å². The third-order valence-corrected chi connectivity index (χ3v) is 3.26. The fraction of sp³-hybridized carbons (Fsp3) is 0.308. The predicted molar refractivity (Wildman–Crippen MR) is 61.3 cm³/mol. The molecule has 94 valence electrons. The number of anilines is 1. The van der Waals surface area contributed by atoms with Gasteiger partial charge in [0.25, 0.3) is 0 Å². The maximum atomic E-state index is 13.8. The summed E-state index contributed by atoms with van der Waals surface area (Å²) in [6, 6.07) is 2.19. The lowest BCUT2D eigenvalue weighted by molar-refractivity contribution is -0.132. The van der Waals surface area contributed by atoms with Gasteiger partial charge in [-0.1, -0.05) is 0 Å². The van der Waals surface area contributed by atoms with Crippen LogP contribution in [0.2, 0.25) is 0 Å². The van der Waals surface area contributed by atoms with Crippen LogP contribution in [-0.2, 0) is 11.2 Å². The Bertz CT molecular complexity index is 564. The third-order valence-electron chi connectivity index (χ3n) is 3.26. The summed E-state index contributed by atoms with van der Waals surface area (Å²) in [6.07, 6.45) is 3.34. The second-order valence-corrected chi connectivity index (χ2v) is 4.67. The number of benzene rings is 1. The Hall–Kier alpha value is -1.91. The van der Waals surface area contributed by atoms with Crippen molar-refractivity contribution in [2.45, 2.75) is 25.3 Å². The standard InChI is InChI=1S/C13H11F2NO2/c14-9-4-7-3-8(13(17)18)6-16(10-1-2-10)12(7)11(15)5-9/h4-6,10H,1-3H2,(H,17,18). The number of fused-ring (bicyclic) bond motifs is 1. The first-order valence-electron chi connectivity index (χ1n) is 5.76. The summed E-state index contributed by atoms with van der Waals surface area (Å²) >= 11 is 0. The van der Waals surface area contributed by atoms with Crippen molar-refractivity contribution in [3.8, 4) is 0 Å². The van der Waals surface area contributed by atoms with E-state index >= 15 is 0 Å². The van der Waals surface area contributed by atoms with Crippen LogP contribution in [-0.4, -0.2) is 17.1 Å². The largest absolute Gasteiger partial charge is 0.478 e. The van der Waals surface area contributed by atoms with Gasteiger partial charge < -0.3 is 10.0 Å². The fourth-order valence-electron chi connectivity index (χ4n) is 2.30. The van der Waals surface area contributed by atoms with Crippen LogP contribution in [0.1, 0.15) is 18.4 Å². The lowest BCUT2D eigenvalue weighted by atomic mass is 9.99. The molecule has 0 saturated heterocycles. The summed E-state index contributed by atoms with van der Waals surface area (Å²) in [5, 5.41) is 9.04. The second-order valence-electron chi connectivity index (χ2n) is 4.67. The number of aliphatic carboxylic acids is 1. The molecule has 3 nitrogen and oxygen atoms in total. The van der Waals surface area contributed by atoms with E-state index in [2.05, 4.69) is 0 Å². The summed E-state index contributed by atoms with van der Waals surface area (Å²) < 4.78 is 27.0. The Morgan fingerprint density at radius 3 is 2.67 bits per heavy atom. The monoisotopic (exact) mass is 251 g/mol. The van der Waals surface area contributed by atoms with E-state index in [9.17, 15) is 13.6 Å². The van der Waals surface area contributed by atoms with E-state index in [1.54, 1.807) is 4.90 Å². The van der Waals surface area contributed by atoms with E-state index in [1.807, 2.05) is 0 Å². The van der Waals surface area contributed by atoms with Crippen molar-refractivity contribution in [1.29, 1.82) is 0 Å². The molecule has 0 spiro atoms. The van der Waals surface area contributed by atoms with Gasteiger partial charge in [0.15, 0.2) is 0 Å². The molecule has 18 heavy (non-hydrogen) atoms. The molecular weight excluding hydrogens is 240 g/mol. The second kappa shape index (κ2) is 3.80. The Kier molecular flexibility index (Phi) is 2.36. The van der Waals surface area contributed by atoms with Gasteiger partial charge in [-0.15, -0.1) is 0 Å². The average molecular weight is 251 g/mol. The third kappa shape index (κ3) is 1.75. The average Bonchev–Trinajstić information content (AvgIpc) is 3.10. The quantitative estimate of drug-likeness (QED) is 0.877. The zero-order chi connectivity index (χ0) is 12.9. The molecule has 1 saturated carbocycles.